The summed E-state index contributed by atoms with van der Waals surface area (Å²) in [7, 11) is 0. The van der Waals surface area contributed by atoms with Crippen molar-refractivity contribution in [2.24, 2.45) is 5.73 Å². The van der Waals surface area contributed by atoms with E-state index in [1.165, 1.54) is 0 Å². The normalized spacial score (nSPS) is 10.2. The molecule has 19 heavy (non-hydrogen) atoms. The average Bonchev–Trinajstić information content (AvgIpc) is 2.41. The van der Waals surface area contributed by atoms with Gasteiger partial charge in [-0.2, -0.15) is 0 Å². The van der Waals surface area contributed by atoms with Gasteiger partial charge in [0.15, 0.2) is 0 Å². The fourth-order valence-corrected chi connectivity index (χ4v) is 2.13. The third-order valence-electron chi connectivity index (χ3n) is 2.69. The van der Waals surface area contributed by atoms with Crippen LogP contribution in [0.25, 0.3) is 0 Å². The summed E-state index contributed by atoms with van der Waals surface area (Å²) >= 11 is 1.66. The first kappa shape index (κ1) is 13.3. The molecule has 0 radical (unpaired) electrons. The van der Waals surface area contributed by atoms with Crippen LogP contribution in [0.3, 0.4) is 0 Å². The number of rotatable bonds is 4. The number of hydrogen-bond donors (Lipinski definition) is 3. The first-order valence-electron chi connectivity index (χ1n) is 5.70. The van der Waals surface area contributed by atoms with E-state index in [2.05, 4.69) is 5.32 Å². The van der Waals surface area contributed by atoms with Crippen molar-refractivity contribution in [3.05, 3.63) is 48.0 Å². The van der Waals surface area contributed by atoms with Gasteiger partial charge in [0, 0.05) is 16.1 Å². The van der Waals surface area contributed by atoms with Gasteiger partial charge in [0.05, 0.1) is 11.4 Å². The number of nitrogens with one attached hydrogen (secondary N) is 1. The quantitative estimate of drug-likeness (QED) is 0.591. The van der Waals surface area contributed by atoms with Crippen molar-refractivity contribution in [1.29, 1.82) is 0 Å². The molecule has 2 aromatic rings. The summed E-state index contributed by atoms with van der Waals surface area (Å²) in [4.78, 5) is 12.3. The molecule has 2 rings (SSSR count). The van der Waals surface area contributed by atoms with E-state index >= 15 is 0 Å². The predicted molar refractivity (Wildman–Crippen MR) is 80.9 cm³/mol. The van der Waals surface area contributed by atoms with Crippen LogP contribution in [0, 0.1) is 0 Å². The highest BCUT2D eigenvalue weighted by molar-refractivity contribution is 7.98. The van der Waals surface area contributed by atoms with Gasteiger partial charge in [-0.3, -0.25) is 4.79 Å². The molecular formula is C14H15N3OS. The van der Waals surface area contributed by atoms with Crippen molar-refractivity contribution in [2.45, 2.75) is 4.90 Å². The topological polar surface area (TPSA) is 81.1 Å². The van der Waals surface area contributed by atoms with E-state index in [1.807, 2.05) is 30.5 Å². The van der Waals surface area contributed by atoms with E-state index in [9.17, 15) is 4.79 Å². The Labute approximate surface area is 116 Å². The van der Waals surface area contributed by atoms with Crippen molar-refractivity contribution >= 4 is 34.7 Å². The van der Waals surface area contributed by atoms with E-state index in [4.69, 9.17) is 11.5 Å². The maximum atomic E-state index is 11.2. The summed E-state index contributed by atoms with van der Waals surface area (Å²) in [5.74, 6) is -0.471. The summed E-state index contributed by atoms with van der Waals surface area (Å²) in [5.41, 5.74) is 13.7. The van der Waals surface area contributed by atoms with Gasteiger partial charge in [-0.1, -0.05) is 6.07 Å². The zero-order valence-corrected chi connectivity index (χ0v) is 11.3. The number of carbonyl (C=O) groups excluding carboxylic acids is 1. The maximum Gasteiger partial charge on any atom is 0.248 e. The summed E-state index contributed by atoms with van der Waals surface area (Å²) in [6.45, 7) is 0. The lowest BCUT2D eigenvalue weighted by atomic mass is 10.1. The third-order valence-corrected chi connectivity index (χ3v) is 3.41. The summed E-state index contributed by atoms with van der Waals surface area (Å²) < 4.78 is 0. The van der Waals surface area contributed by atoms with Crippen molar-refractivity contribution in [1.82, 2.24) is 0 Å². The minimum atomic E-state index is -0.471. The molecule has 0 aliphatic heterocycles. The lowest BCUT2D eigenvalue weighted by Gasteiger charge is -2.11. The third kappa shape index (κ3) is 3.20. The number of anilines is 3. The fraction of sp³-hybridized carbons (Fsp3) is 0.0714. The van der Waals surface area contributed by atoms with Gasteiger partial charge < -0.3 is 16.8 Å². The molecule has 4 nitrogen and oxygen atoms in total. The van der Waals surface area contributed by atoms with Crippen molar-refractivity contribution in [2.75, 3.05) is 17.3 Å². The number of thioether (sulfide) groups is 1. The van der Waals surface area contributed by atoms with Gasteiger partial charge in [0.25, 0.3) is 0 Å². The van der Waals surface area contributed by atoms with Crippen LogP contribution in [0.4, 0.5) is 17.1 Å². The smallest absolute Gasteiger partial charge is 0.248 e. The largest absolute Gasteiger partial charge is 0.397 e. The number of hydrogen-bond acceptors (Lipinski definition) is 4. The van der Waals surface area contributed by atoms with Crippen molar-refractivity contribution in [3.63, 3.8) is 0 Å². The Morgan fingerprint density at radius 1 is 1.21 bits per heavy atom. The van der Waals surface area contributed by atoms with Crippen LogP contribution in [0.1, 0.15) is 10.4 Å². The first-order valence-corrected chi connectivity index (χ1v) is 6.93. The minimum absolute atomic E-state index is 0.428. The standard InChI is InChI=1S/C14H15N3OS/c1-19-11-4-2-3-10(8-11)17-13-7-9(14(16)18)5-6-12(13)15/h2-8,17H,15H2,1H3,(H2,16,18). The number of benzene rings is 2. The van der Waals surface area contributed by atoms with Crippen LogP contribution in [-0.4, -0.2) is 12.2 Å². The number of carbonyl (C=O) groups is 1. The Bertz CT molecular complexity index is 613. The lowest BCUT2D eigenvalue weighted by molar-refractivity contribution is 0.100. The van der Waals surface area contributed by atoms with Crippen LogP contribution < -0.4 is 16.8 Å². The molecule has 0 heterocycles. The van der Waals surface area contributed by atoms with Crippen molar-refractivity contribution in [3.8, 4) is 0 Å². The molecule has 0 bridgehead atoms. The van der Waals surface area contributed by atoms with Gasteiger partial charge >= 0.3 is 0 Å². The SMILES string of the molecule is CSc1cccc(Nc2cc(C(N)=O)ccc2N)c1. The molecule has 98 valence electrons. The number of amides is 1. The molecule has 0 atom stereocenters. The van der Waals surface area contributed by atoms with Crippen LogP contribution in [0.5, 0.6) is 0 Å². The van der Waals surface area contributed by atoms with E-state index in [0.29, 0.717) is 16.9 Å². The summed E-state index contributed by atoms with van der Waals surface area (Å²) in [5, 5.41) is 3.20. The van der Waals surface area contributed by atoms with E-state index in [-0.39, 0.29) is 0 Å². The molecule has 5 N–H and O–H groups in total. The van der Waals surface area contributed by atoms with Gasteiger partial charge in [-0.15, -0.1) is 11.8 Å². The minimum Gasteiger partial charge on any atom is -0.397 e. The molecule has 2 aromatic carbocycles. The van der Waals surface area contributed by atoms with Crippen LogP contribution in [-0.2, 0) is 0 Å². The summed E-state index contributed by atoms with van der Waals surface area (Å²) in [6, 6.07) is 12.9. The average molecular weight is 273 g/mol. The molecule has 0 aromatic heterocycles. The van der Waals surface area contributed by atoms with Crippen molar-refractivity contribution < 1.29 is 4.79 Å². The predicted octanol–water partition coefficient (Wildman–Crippen LogP) is 2.83. The highest BCUT2D eigenvalue weighted by Crippen LogP contribution is 2.26. The Hall–Kier alpha value is -2.14. The van der Waals surface area contributed by atoms with E-state index < -0.39 is 5.91 Å². The Balaban J connectivity index is 2.31. The van der Waals surface area contributed by atoms with Crippen LogP contribution in [0.2, 0.25) is 0 Å². The molecule has 0 unspecified atom stereocenters. The van der Waals surface area contributed by atoms with E-state index in [0.717, 1.165) is 10.6 Å². The first-order chi connectivity index (χ1) is 9.10. The second-order valence-electron chi connectivity index (χ2n) is 4.02. The molecular weight excluding hydrogens is 258 g/mol. The monoisotopic (exact) mass is 273 g/mol. The Morgan fingerprint density at radius 3 is 2.68 bits per heavy atom. The molecule has 0 saturated heterocycles. The zero-order chi connectivity index (χ0) is 13.8. The number of nitrogen functional groups attached to an aromatic ring is 1. The highest BCUT2D eigenvalue weighted by atomic mass is 32.2. The number of primary amides is 1. The van der Waals surface area contributed by atoms with Gasteiger partial charge in [0.1, 0.15) is 0 Å². The van der Waals surface area contributed by atoms with Gasteiger partial charge in [0.2, 0.25) is 5.91 Å². The molecule has 0 saturated carbocycles. The zero-order valence-electron chi connectivity index (χ0n) is 10.5. The number of nitrogens with two attached hydrogens (primary N) is 2. The van der Waals surface area contributed by atoms with Crippen LogP contribution in [0.15, 0.2) is 47.4 Å². The summed E-state index contributed by atoms with van der Waals surface area (Å²) in [6.07, 6.45) is 2.02. The van der Waals surface area contributed by atoms with Gasteiger partial charge in [-0.05, 0) is 42.7 Å². The molecule has 1 amide bonds. The highest BCUT2D eigenvalue weighted by Gasteiger charge is 2.05. The molecule has 0 aliphatic carbocycles. The fourth-order valence-electron chi connectivity index (χ4n) is 1.67. The Morgan fingerprint density at radius 2 is 2.00 bits per heavy atom. The molecule has 0 aliphatic rings. The lowest BCUT2D eigenvalue weighted by Crippen LogP contribution is -2.11. The molecule has 0 spiro atoms. The van der Waals surface area contributed by atoms with Crippen LogP contribution >= 0.6 is 11.8 Å². The molecule has 0 fully saturated rings. The maximum absolute atomic E-state index is 11.2. The Kier molecular flexibility index (Phi) is 3.97. The van der Waals surface area contributed by atoms with E-state index in [1.54, 1.807) is 30.0 Å². The second-order valence-corrected chi connectivity index (χ2v) is 4.90. The molecule has 5 heteroatoms. The van der Waals surface area contributed by atoms with Gasteiger partial charge in [-0.25, -0.2) is 0 Å². The second kappa shape index (κ2) is 5.67.